The van der Waals surface area contributed by atoms with Crippen LogP contribution in [-0.4, -0.2) is 11.8 Å². The van der Waals surface area contributed by atoms with Gasteiger partial charge in [-0.2, -0.15) is 5.26 Å². The molecule has 5 heteroatoms. The van der Waals surface area contributed by atoms with Crippen LogP contribution in [0, 0.1) is 11.3 Å². The SMILES string of the molecule is CCC(C)c1ccccc1NC(=O)C(=O)Nc1ccc(C#N)cc1. The number of nitrogens with one attached hydrogen (secondary N) is 2. The predicted molar refractivity (Wildman–Crippen MR) is 93.6 cm³/mol. The van der Waals surface area contributed by atoms with Crippen molar-refractivity contribution in [2.45, 2.75) is 26.2 Å². The average molecular weight is 321 g/mol. The lowest BCUT2D eigenvalue weighted by Crippen LogP contribution is -2.29. The average Bonchev–Trinajstić information content (AvgIpc) is 2.62. The van der Waals surface area contributed by atoms with Crippen LogP contribution in [0.4, 0.5) is 11.4 Å². The van der Waals surface area contributed by atoms with E-state index < -0.39 is 11.8 Å². The van der Waals surface area contributed by atoms with E-state index in [4.69, 9.17) is 5.26 Å². The Labute approximate surface area is 141 Å². The zero-order chi connectivity index (χ0) is 17.5. The molecule has 2 rings (SSSR count). The molecule has 2 aromatic rings. The van der Waals surface area contributed by atoms with Gasteiger partial charge in [0.25, 0.3) is 0 Å². The van der Waals surface area contributed by atoms with Gasteiger partial charge in [-0.1, -0.05) is 32.0 Å². The fourth-order valence-electron chi connectivity index (χ4n) is 2.26. The molecule has 0 aliphatic rings. The highest BCUT2D eigenvalue weighted by atomic mass is 16.2. The summed E-state index contributed by atoms with van der Waals surface area (Å²) >= 11 is 0. The second kappa shape index (κ2) is 7.93. The van der Waals surface area contributed by atoms with E-state index in [2.05, 4.69) is 24.5 Å². The highest BCUT2D eigenvalue weighted by Crippen LogP contribution is 2.26. The second-order valence-corrected chi connectivity index (χ2v) is 5.49. The third-order valence-corrected chi connectivity index (χ3v) is 3.83. The molecule has 2 aromatic carbocycles. The number of amides is 2. The number of anilines is 2. The van der Waals surface area contributed by atoms with Gasteiger partial charge < -0.3 is 10.6 Å². The normalized spacial score (nSPS) is 11.2. The summed E-state index contributed by atoms with van der Waals surface area (Å²) in [6.45, 7) is 4.14. The van der Waals surface area contributed by atoms with Gasteiger partial charge in [0.2, 0.25) is 0 Å². The Morgan fingerprint density at radius 1 is 1.04 bits per heavy atom. The van der Waals surface area contributed by atoms with Gasteiger partial charge in [0.05, 0.1) is 11.6 Å². The summed E-state index contributed by atoms with van der Waals surface area (Å²) in [5.41, 5.74) is 2.59. The number of para-hydroxylation sites is 1. The van der Waals surface area contributed by atoms with Crippen LogP contribution < -0.4 is 10.6 Å². The number of hydrogen-bond donors (Lipinski definition) is 2. The number of carbonyl (C=O) groups excluding carboxylic acids is 2. The zero-order valence-electron chi connectivity index (χ0n) is 13.7. The number of benzene rings is 2. The Morgan fingerprint density at radius 3 is 2.29 bits per heavy atom. The van der Waals surface area contributed by atoms with Gasteiger partial charge in [0.15, 0.2) is 0 Å². The minimum absolute atomic E-state index is 0.281. The van der Waals surface area contributed by atoms with Gasteiger partial charge in [0, 0.05) is 11.4 Å². The van der Waals surface area contributed by atoms with Gasteiger partial charge in [0.1, 0.15) is 0 Å². The summed E-state index contributed by atoms with van der Waals surface area (Å²) in [6.07, 6.45) is 0.935. The monoisotopic (exact) mass is 321 g/mol. The molecule has 0 saturated heterocycles. The largest absolute Gasteiger partial charge is 0.318 e. The molecule has 0 aliphatic carbocycles. The Balaban J connectivity index is 2.06. The van der Waals surface area contributed by atoms with Crippen LogP contribution in [0.5, 0.6) is 0 Å². The van der Waals surface area contributed by atoms with E-state index in [1.165, 1.54) is 0 Å². The number of carbonyl (C=O) groups is 2. The Morgan fingerprint density at radius 2 is 1.67 bits per heavy atom. The van der Waals surface area contributed by atoms with Crippen LogP contribution in [0.3, 0.4) is 0 Å². The molecule has 2 N–H and O–H groups in total. The second-order valence-electron chi connectivity index (χ2n) is 5.49. The Kier molecular flexibility index (Phi) is 5.69. The predicted octanol–water partition coefficient (Wildman–Crippen LogP) is 3.65. The number of rotatable bonds is 4. The van der Waals surface area contributed by atoms with E-state index in [1.807, 2.05) is 24.3 Å². The van der Waals surface area contributed by atoms with Crippen molar-refractivity contribution in [1.29, 1.82) is 5.26 Å². The molecular formula is C19H19N3O2. The number of nitriles is 1. The first-order valence-electron chi connectivity index (χ1n) is 7.76. The molecule has 2 amide bonds. The van der Waals surface area contributed by atoms with Crippen molar-refractivity contribution in [3.63, 3.8) is 0 Å². The van der Waals surface area contributed by atoms with Crippen LogP contribution in [0.25, 0.3) is 0 Å². The topological polar surface area (TPSA) is 82.0 Å². The van der Waals surface area contributed by atoms with Crippen molar-refractivity contribution in [3.8, 4) is 6.07 Å². The molecule has 0 aromatic heterocycles. The van der Waals surface area contributed by atoms with Crippen LogP contribution in [0.15, 0.2) is 48.5 Å². The Bertz CT molecular complexity index is 776. The molecule has 1 atom stereocenters. The molecule has 5 nitrogen and oxygen atoms in total. The lowest BCUT2D eigenvalue weighted by atomic mass is 9.97. The van der Waals surface area contributed by atoms with E-state index >= 15 is 0 Å². The summed E-state index contributed by atoms with van der Waals surface area (Å²) < 4.78 is 0. The van der Waals surface area contributed by atoms with Crippen LogP contribution in [-0.2, 0) is 9.59 Å². The van der Waals surface area contributed by atoms with Gasteiger partial charge in [-0.15, -0.1) is 0 Å². The van der Waals surface area contributed by atoms with E-state index in [9.17, 15) is 9.59 Å². The lowest BCUT2D eigenvalue weighted by Gasteiger charge is -2.15. The summed E-state index contributed by atoms with van der Waals surface area (Å²) in [5.74, 6) is -1.20. The fraction of sp³-hybridized carbons (Fsp3) is 0.211. The van der Waals surface area contributed by atoms with E-state index in [-0.39, 0.29) is 5.92 Å². The highest BCUT2D eigenvalue weighted by Gasteiger charge is 2.17. The summed E-state index contributed by atoms with van der Waals surface area (Å²) in [5, 5.41) is 13.9. The van der Waals surface area contributed by atoms with Gasteiger partial charge in [-0.25, -0.2) is 0 Å². The van der Waals surface area contributed by atoms with Gasteiger partial charge >= 0.3 is 11.8 Å². The van der Waals surface area contributed by atoms with Crippen LogP contribution >= 0.6 is 0 Å². The zero-order valence-corrected chi connectivity index (χ0v) is 13.7. The number of hydrogen-bond acceptors (Lipinski definition) is 3. The quantitative estimate of drug-likeness (QED) is 0.843. The van der Waals surface area contributed by atoms with Crippen molar-refractivity contribution in [2.24, 2.45) is 0 Å². The van der Waals surface area contributed by atoms with Crippen molar-refractivity contribution in [2.75, 3.05) is 10.6 Å². The van der Waals surface area contributed by atoms with Crippen molar-refractivity contribution in [3.05, 3.63) is 59.7 Å². The molecule has 0 radical (unpaired) electrons. The first kappa shape index (κ1) is 17.2. The third kappa shape index (κ3) is 4.20. The molecule has 0 saturated carbocycles. The van der Waals surface area contributed by atoms with Gasteiger partial charge in [-0.3, -0.25) is 9.59 Å². The molecule has 0 fully saturated rings. The van der Waals surface area contributed by atoms with E-state index in [0.717, 1.165) is 12.0 Å². The Hall–Kier alpha value is -3.13. The standard InChI is InChI=1S/C19H19N3O2/c1-3-13(2)16-6-4-5-7-17(16)22-19(24)18(23)21-15-10-8-14(12-20)9-11-15/h4-11,13H,3H2,1-2H3,(H,21,23)(H,22,24). The smallest absolute Gasteiger partial charge is 0.314 e. The van der Waals surface area contributed by atoms with Crippen molar-refractivity contribution >= 4 is 23.2 Å². The summed E-state index contributed by atoms with van der Waals surface area (Å²) in [4.78, 5) is 24.2. The fourth-order valence-corrected chi connectivity index (χ4v) is 2.26. The first-order chi connectivity index (χ1) is 11.5. The molecular weight excluding hydrogens is 302 g/mol. The third-order valence-electron chi connectivity index (χ3n) is 3.83. The summed E-state index contributed by atoms with van der Waals surface area (Å²) in [6, 6.07) is 15.8. The van der Waals surface area contributed by atoms with Crippen LogP contribution in [0.2, 0.25) is 0 Å². The molecule has 0 heterocycles. The first-order valence-corrected chi connectivity index (χ1v) is 7.76. The molecule has 1 unspecified atom stereocenters. The summed E-state index contributed by atoms with van der Waals surface area (Å²) in [7, 11) is 0. The van der Waals surface area contributed by atoms with E-state index in [0.29, 0.717) is 16.9 Å². The maximum Gasteiger partial charge on any atom is 0.314 e. The highest BCUT2D eigenvalue weighted by molar-refractivity contribution is 6.43. The van der Waals surface area contributed by atoms with Gasteiger partial charge in [-0.05, 0) is 48.2 Å². The number of nitrogens with zero attached hydrogens (tertiary/aromatic N) is 1. The lowest BCUT2D eigenvalue weighted by molar-refractivity contribution is -0.133. The molecule has 0 bridgehead atoms. The van der Waals surface area contributed by atoms with E-state index in [1.54, 1.807) is 30.3 Å². The molecule has 0 spiro atoms. The minimum atomic E-state index is -0.751. The minimum Gasteiger partial charge on any atom is -0.318 e. The van der Waals surface area contributed by atoms with Crippen molar-refractivity contribution in [1.82, 2.24) is 0 Å². The maximum absolute atomic E-state index is 12.1. The molecule has 24 heavy (non-hydrogen) atoms. The van der Waals surface area contributed by atoms with Crippen molar-refractivity contribution < 1.29 is 9.59 Å². The molecule has 122 valence electrons. The maximum atomic E-state index is 12.1. The molecule has 0 aliphatic heterocycles. The van der Waals surface area contributed by atoms with Crippen LogP contribution in [0.1, 0.15) is 37.3 Å².